The third-order valence-corrected chi connectivity index (χ3v) is 3.88. The highest BCUT2D eigenvalue weighted by Crippen LogP contribution is 2.40. The van der Waals surface area contributed by atoms with Gasteiger partial charge in [-0.15, -0.1) is 0 Å². The normalized spacial score (nSPS) is 14.8. The van der Waals surface area contributed by atoms with Gasteiger partial charge in [0.1, 0.15) is 17.3 Å². The number of nitrogen functional groups attached to an aromatic ring is 1. The molecule has 1 heterocycles. The first kappa shape index (κ1) is 12.3. The molecule has 0 spiro atoms. The molecule has 1 aliphatic rings. The van der Waals surface area contributed by atoms with E-state index in [9.17, 15) is 0 Å². The molecular weight excluding hydrogens is 234 g/mol. The van der Waals surface area contributed by atoms with Crippen LogP contribution in [0.3, 0.4) is 0 Å². The van der Waals surface area contributed by atoms with Crippen LogP contribution < -0.4 is 5.73 Å². The number of imidazole rings is 1. The first-order chi connectivity index (χ1) is 9.20. The van der Waals surface area contributed by atoms with Crippen molar-refractivity contribution in [1.29, 1.82) is 0 Å². The third-order valence-electron chi connectivity index (χ3n) is 3.88. The molecule has 3 heteroatoms. The van der Waals surface area contributed by atoms with Crippen LogP contribution >= 0.6 is 0 Å². The monoisotopic (exact) mass is 255 g/mol. The lowest BCUT2D eigenvalue weighted by Crippen LogP contribution is -2.04. The van der Waals surface area contributed by atoms with Crippen molar-refractivity contribution in [3.8, 4) is 11.3 Å². The van der Waals surface area contributed by atoms with Crippen molar-refractivity contribution >= 4 is 5.82 Å². The third kappa shape index (κ3) is 2.25. The first-order valence-electron chi connectivity index (χ1n) is 7.13. The predicted molar refractivity (Wildman–Crippen MR) is 79.1 cm³/mol. The van der Waals surface area contributed by atoms with Gasteiger partial charge in [-0.25, -0.2) is 4.98 Å². The van der Waals surface area contributed by atoms with Gasteiger partial charge in [-0.3, -0.25) is 0 Å². The number of benzene rings is 1. The van der Waals surface area contributed by atoms with Gasteiger partial charge >= 0.3 is 0 Å². The zero-order valence-corrected chi connectivity index (χ0v) is 11.7. The minimum absolute atomic E-state index is 0.790. The molecule has 3 nitrogen and oxygen atoms in total. The Kier molecular flexibility index (Phi) is 3.05. The fourth-order valence-corrected chi connectivity index (χ4v) is 2.63. The van der Waals surface area contributed by atoms with Gasteiger partial charge < -0.3 is 10.3 Å². The Morgan fingerprint density at radius 2 is 1.95 bits per heavy atom. The van der Waals surface area contributed by atoms with Crippen molar-refractivity contribution in [3.05, 3.63) is 35.7 Å². The topological polar surface area (TPSA) is 43.8 Å². The van der Waals surface area contributed by atoms with E-state index in [-0.39, 0.29) is 0 Å². The van der Waals surface area contributed by atoms with Gasteiger partial charge in [0, 0.05) is 12.1 Å². The van der Waals surface area contributed by atoms with Gasteiger partial charge in [-0.1, -0.05) is 31.2 Å². The van der Waals surface area contributed by atoms with Gasteiger partial charge in [-0.05, 0) is 37.7 Å². The van der Waals surface area contributed by atoms with E-state index in [1.54, 1.807) is 0 Å². The maximum Gasteiger partial charge on any atom is 0.131 e. The van der Waals surface area contributed by atoms with Crippen LogP contribution in [-0.2, 0) is 6.54 Å². The van der Waals surface area contributed by atoms with Crippen LogP contribution in [0.25, 0.3) is 11.3 Å². The molecule has 1 saturated carbocycles. The molecule has 1 aliphatic carbocycles. The second-order valence-corrected chi connectivity index (χ2v) is 5.44. The molecule has 3 rings (SSSR count). The molecule has 1 fully saturated rings. The number of nitrogens with two attached hydrogens (primary N) is 1. The summed E-state index contributed by atoms with van der Waals surface area (Å²) in [5.74, 6) is 2.59. The molecule has 0 unspecified atom stereocenters. The molecule has 2 N–H and O–H groups in total. The van der Waals surface area contributed by atoms with E-state index >= 15 is 0 Å². The molecule has 1 aromatic carbocycles. The number of aryl methyl sites for hydroxylation is 1. The fraction of sp³-hybridized carbons (Fsp3) is 0.438. The number of aromatic nitrogens is 2. The molecule has 0 aliphatic heterocycles. The van der Waals surface area contributed by atoms with Crippen molar-refractivity contribution < 1.29 is 0 Å². The number of hydrogen-bond acceptors (Lipinski definition) is 2. The van der Waals surface area contributed by atoms with E-state index in [0.29, 0.717) is 0 Å². The van der Waals surface area contributed by atoms with Crippen LogP contribution in [0.15, 0.2) is 24.3 Å². The fourth-order valence-electron chi connectivity index (χ4n) is 2.63. The zero-order valence-electron chi connectivity index (χ0n) is 11.7. The summed E-state index contributed by atoms with van der Waals surface area (Å²) in [6.45, 7) is 5.11. The van der Waals surface area contributed by atoms with E-state index in [1.807, 2.05) is 6.92 Å². The van der Waals surface area contributed by atoms with E-state index in [1.165, 1.54) is 18.4 Å². The highest BCUT2D eigenvalue weighted by Gasteiger charge is 2.23. The van der Waals surface area contributed by atoms with E-state index in [4.69, 9.17) is 5.73 Å². The molecule has 0 atom stereocenters. The minimum Gasteiger partial charge on any atom is -0.383 e. The standard InChI is InChI=1S/C16H21N3/c1-3-10-19-11(2)18-15(16(19)17)14-8-6-13(7-9-14)12-4-5-12/h6-9,12H,3-5,10,17H2,1-2H3. The summed E-state index contributed by atoms with van der Waals surface area (Å²) in [4.78, 5) is 4.63. The largest absolute Gasteiger partial charge is 0.383 e. The molecule has 0 saturated heterocycles. The molecule has 0 amide bonds. The highest BCUT2D eigenvalue weighted by molar-refractivity contribution is 5.71. The Bertz CT molecular complexity index is 577. The van der Waals surface area contributed by atoms with Crippen LogP contribution in [-0.4, -0.2) is 9.55 Å². The summed E-state index contributed by atoms with van der Waals surface area (Å²) < 4.78 is 2.10. The summed E-state index contributed by atoms with van der Waals surface area (Å²) in [5.41, 5.74) is 9.73. The smallest absolute Gasteiger partial charge is 0.131 e. The number of nitrogens with zero attached hydrogens (tertiary/aromatic N) is 2. The predicted octanol–water partition coefficient (Wildman–Crippen LogP) is 3.73. The Morgan fingerprint density at radius 3 is 2.53 bits per heavy atom. The van der Waals surface area contributed by atoms with Crippen LogP contribution in [0.4, 0.5) is 5.82 Å². The first-order valence-corrected chi connectivity index (χ1v) is 7.13. The van der Waals surface area contributed by atoms with E-state index in [2.05, 4.69) is 40.7 Å². The summed E-state index contributed by atoms with van der Waals surface area (Å²) >= 11 is 0. The Hall–Kier alpha value is -1.77. The van der Waals surface area contributed by atoms with Crippen molar-refractivity contribution in [3.63, 3.8) is 0 Å². The molecule has 2 aromatic rings. The minimum atomic E-state index is 0.790. The lowest BCUT2D eigenvalue weighted by atomic mass is 10.1. The van der Waals surface area contributed by atoms with Gasteiger partial charge in [-0.2, -0.15) is 0 Å². The molecule has 0 bridgehead atoms. The van der Waals surface area contributed by atoms with Crippen LogP contribution in [0.2, 0.25) is 0 Å². The Morgan fingerprint density at radius 1 is 1.26 bits per heavy atom. The molecule has 19 heavy (non-hydrogen) atoms. The van der Waals surface area contributed by atoms with E-state index in [0.717, 1.165) is 41.8 Å². The highest BCUT2D eigenvalue weighted by atomic mass is 15.1. The molecule has 1 aromatic heterocycles. The van der Waals surface area contributed by atoms with Crippen molar-refractivity contribution in [2.45, 2.75) is 45.6 Å². The quantitative estimate of drug-likeness (QED) is 0.904. The summed E-state index contributed by atoms with van der Waals surface area (Å²) in [6, 6.07) is 8.76. The maximum absolute atomic E-state index is 6.23. The van der Waals surface area contributed by atoms with Crippen LogP contribution in [0, 0.1) is 6.92 Å². The summed E-state index contributed by atoms with van der Waals surface area (Å²) in [7, 11) is 0. The average molecular weight is 255 g/mol. The molecule has 0 radical (unpaired) electrons. The number of anilines is 1. The SMILES string of the molecule is CCCn1c(C)nc(-c2ccc(C3CC3)cc2)c1N. The van der Waals surface area contributed by atoms with Gasteiger partial charge in [0.15, 0.2) is 0 Å². The maximum atomic E-state index is 6.23. The van der Waals surface area contributed by atoms with Crippen LogP contribution in [0.1, 0.15) is 43.5 Å². The summed E-state index contributed by atoms with van der Waals surface area (Å²) in [6.07, 6.45) is 3.75. The van der Waals surface area contributed by atoms with Crippen LogP contribution in [0.5, 0.6) is 0 Å². The number of rotatable bonds is 4. The van der Waals surface area contributed by atoms with Gasteiger partial charge in [0.05, 0.1) is 0 Å². The van der Waals surface area contributed by atoms with Crippen molar-refractivity contribution in [2.75, 3.05) is 5.73 Å². The lowest BCUT2D eigenvalue weighted by molar-refractivity contribution is 0.665. The lowest BCUT2D eigenvalue weighted by Gasteiger charge is -2.06. The summed E-state index contributed by atoms with van der Waals surface area (Å²) in [5, 5.41) is 0. The molecule has 100 valence electrons. The average Bonchev–Trinajstić information content (AvgIpc) is 3.22. The second-order valence-electron chi connectivity index (χ2n) is 5.44. The molecular formula is C16H21N3. The Balaban J connectivity index is 1.94. The Labute approximate surface area is 114 Å². The number of hydrogen-bond donors (Lipinski definition) is 1. The van der Waals surface area contributed by atoms with E-state index < -0.39 is 0 Å². The van der Waals surface area contributed by atoms with Gasteiger partial charge in [0.2, 0.25) is 0 Å². The van der Waals surface area contributed by atoms with Crippen molar-refractivity contribution in [1.82, 2.24) is 9.55 Å². The van der Waals surface area contributed by atoms with Gasteiger partial charge in [0.25, 0.3) is 0 Å². The van der Waals surface area contributed by atoms with Crippen molar-refractivity contribution in [2.24, 2.45) is 0 Å². The second kappa shape index (κ2) is 4.72. The zero-order chi connectivity index (χ0) is 13.4.